The van der Waals surface area contributed by atoms with E-state index in [9.17, 15) is 0 Å². The number of hydrogen-bond donors (Lipinski definition) is 2. The molecule has 0 spiro atoms. The maximum Gasteiger partial charge on any atom is 0.225 e. The highest BCUT2D eigenvalue weighted by Crippen LogP contribution is 2.18. The molecule has 2 aromatic rings. The molecule has 1 fully saturated rings. The van der Waals surface area contributed by atoms with Gasteiger partial charge in [-0.1, -0.05) is 5.16 Å². The van der Waals surface area contributed by atoms with Crippen LogP contribution in [0, 0.1) is 0 Å². The lowest BCUT2D eigenvalue weighted by Crippen LogP contribution is -2.47. The van der Waals surface area contributed by atoms with Crippen LogP contribution in [0.1, 0.15) is 5.56 Å². The van der Waals surface area contributed by atoms with Crippen molar-refractivity contribution in [1.29, 1.82) is 0 Å². The Balaban J connectivity index is 1.64. The molecular formula is C15H18N6O. The Morgan fingerprint density at radius 1 is 1.00 bits per heavy atom. The quantitative estimate of drug-likeness (QED) is 0.379. The second-order valence-electron chi connectivity index (χ2n) is 5.06. The highest BCUT2D eigenvalue weighted by atomic mass is 16.4. The molecule has 7 nitrogen and oxygen atoms in total. The molecule has 7 heteroatoms. The maximum absolute atomic E-state index is 8.68. The summed E-state index contributed by atoms with van der Waals surface area (Å²) in [6.07, 6.45) is 3.53. The van der Waals surface area contributed by atoms with Gasteiger partial charge in [-0.25, -0.2) is 9.97 Å². The summed E-state index contributed by atoms with van der Waals surface area (Å²) in [5.41, 5.74) is 7.41. The summed E-state index contributed by atoms with van der Waals surface area (Å²) >= 11 is 0. The highest BCUT2D eigenvalue weighted by Gasteiger charge is 2.18. The highest BCUT2D eigenvalue weighted by molar-refractivity contribution is 5.97. The Morgan fingerprint density at radius 3 is 2.18 bits per heavy atom. The molecular weight excluding hydrogens is 280 g/mol. The van der Waals surface area contributed by atoms with E-state index in [-0.39, 0.29) is 5.84 Å². The molecule has 1 aromatic carbocycles. The van der Waals surface area contributed by atoms with E-state index in [0.717, 1.165) is 37.8 Å². The van der Waals surface area contributed by atoms with Crippen LogP contribution < -0.4 is 15.5 Å². The molecule has 0 atom stereocenters. The number of amidine groups is 1. The van der Waals surface area contributed by atoms with E-state index in [1.165, 1.54) is 0 Å². The molecule has 2 heterocycles. The summed E-state index contributed by atoms with van der Waals surface area (Å²) in [5.74, 6) is 0.905. The summed E-state index contributed by atoms with van der Waals surface area (Å²) in [7, 11) is 0. The molecule has 3 rings (SSSR count). The number of piperazine rings is 1. The van der Waals surface area contributed by atoms with E-state index < -0.39 is 0 Å². The Labute approximate surface area is 128 Å². The molecule has 0 aliphatic carbocycles. The molecule has 22 heavy (non-hydrogen) atoms. The fourth-order valence-corrected chi connectivity index (χ4v) is 2.52. The van der Waals surface area contributed by atoms with Crippen molar-refractivity contribution in [3.8, 4) is 0 Å². The molecule has 114 valence electrons. The van der Waals surface area contributed by atoms with E-state index in [2.05, 4.69) is 24.9 Å². The minimum atomic E-state index is 0.123. The van der Waals surface area contributed by atoms with Crippen LogP contribution in [0.4, 0.5) is 11.6 Å². The summed E-state index contributed by atoms with van der Waals surface area (Å²) < 4.78 is 0. The molecule has 1 saturated heterocycles. The van der Waals surface area contributed by atoms with E-state index in [1.54, 1.807) is 12.4 Å². The molecule has 0 radical (unpaired) electrons. The number of hydrogen-bond acceptors (Lipinski definition) is 6. The number of benzene rings is 1. The number of anilines is 2. The molecule has 1 aromatic heterocycles. The van der Waals surface area contributed by atoms with Crippen molar-refractivity contribution in [2.45, 2.75) is 0 Å². The van der Waals surface area contributed by atoms with E-state index >= 15 is 0 Å². The number of oxime groups is 1. The van der Waals surface area contributed by atoms with Crippen molar-refractivity contribution >= 4 is 17.5 Å². The molecule has 0 unspecified atom stereocenters. The first-order valence-corrected chi connectivity index (χ1v) is 7.13. The van der Waals surface area contributed by atoms with Crippen LogP contribution in [0.2, 0.25) is 0 Å². The zero-order chi connectivity index (χ0) is 15.4. The van der Waals surface area contributed by atoms with Crippen molar-refractivity contribution in [2.75, 3.05) is 36.0 Å². The van der Waals surface area contributed by atoms with Gasteiger partial charge in [0.25, 0.3) is 0 Å². The van der Waals surface area contributed by atoms with Gasteiger partial charge < -0.3 is 20.7 Å². The van der Waals surface area contributed by atoms with Crippen LogP contribution in [0.25, 0.3) is 0 Å². The SMILES string of the molecule is N/C(=N\O)c1ccc(N2CCN(c3ncccn3)CC2)cc1. The first-order valence-electron chi connectivity index (χ1n) is 7.13. The first-order chi connectivity index (χ1) is 10.8. The first kappa shape index (κ1) is 14.1. The van der Waals surface area contributed by atoms with Gasteiger partial charge in [0.05, 0.1) is 0 Å². The predicted molar refractivity (Wildman–Crippen MR) is 85.4 cm³/mol. The predicted octanol–water partition coefficient (Wildman–Crippen LogP) is 0.898. The maximum atomic E-state index is 8.68. The van der Waals surface area contributed by atoms with Crippen LogP contribution in [0.3, 0.4) is 0 Å². The van der Waals surface area contributed by atoms with Gasteiger partial charge in [0.2, 0.25) is 5.95 Å². The lowest BCUT2D eigenvalue weighted by Gasteiger charge is -2.36. The lowest BCUT2D eigenvalue weighted by atomic mass is 10.1. The Hall–Kier alpha value is -2.83. The zero-order valence-electron chi connectivity index (χ0n) is 12.1. The van der Waals surface area contributed by atoms with Crippen LogP contribution in [-0.2, 0) is 0 Å². The molecule has 3 N–H and O–H groups in total. The van der Waals surface area contributed by atoms with Gasteiger partial charge in [-0.3, -0.25) is 0 Å². The van der Waals surface area contributed by atoms with Crippen LogP contribution in [0.5, 0.6) is 0 Å². The Kier molecular flexibility index (Phi) is 4.04. The molecule has 1 aliphatic heterocycles. The van der Waals surface area contributed by atoms with Crippen LogP contribution in [0.15, 0.2) is 47.9 Å². The lowest BCUT2D eigenvalue weighted by molar-refractivity contribution is 0.318. The Bertz CT molecular complexity index is 635. The minimum Gasteiger partial charge on any atom is -0.409 e. The Morgan fingerprint density at radius 2 is 1.59 bits per heavy atom. The van der Waals surface area contributed by atoms with Gasteiger partial charge >= 0.3 is 0 Å². The van der Waals surface area contributed by atoms with Crippen LogP contribution in [-0.4, -0.2) is 47.2 Å². The van der Waals surface area contributed by atoms with E-state index in [0.29, 0.717) is 5.56 Å². The summed E-state index contributed by atoms with van der Waals surface area (Å²) in [4.78, 5) is 13.1. The van der Waals surface area contributed by atoms with Crippen molar-refractivity contribution in [2.24, 2.45) is 10.9 Å². The molecule has 0 bridgehead atoms. The standard InChI is InChI=1S/C15H18N6O/c16-14(19-22)12-2-4-13(5-3-12)20-8-10-21(11-9-20)15-17-6-1-7-18-15/h1-7,22H,8-11H2,(H2,16,19). The largest absolute Gasteiger partial charge is 0.409 e. The summed E-state index contributed by atoms with van der Waals surface area (Å²) in [6, 6.07) is 9.51. The second-order valence-corrected chi connectivity index (χ2v) is 5.06. The van der Waals surface area contributed by atoms with Gasteiger partial charge in [-0.2, -0.15) is 0 Å². The minimum absolute atomic E-state index is 0.123. The average Bonchev–Trinajstić information content (AvgIpc) is 2.62. The summed E-state index contributed by atoms with van der Waals surface area (Å²) in [5, 5.41) is 11.7. The van der Waals surface area contributed by atoms with Crippen molar-refractivity contribution in [1.82, 2.24) is 9.97 Å². The van der Waals surface area contributed by atoms with Gasteiger partial charge in [0, 0.05) is 49.8 Å². The monoisotopic (exact) mass is 298 g/mol. The molecule has 1 aliphatic rings. The number of aromatic nitrogens is 2. The van der Waals surface area contributed by atoms with E-state index in [1.807, 2.05) is 30.3 Å². The van der Waals surface area contributed by atoms with Gasteiger partial charge in [-0.15, -0.1) is 0 Å². The number of rotatable bonds is 3. The normalized spacial score (nSPS) is 15.9. The molecule has 0 amide bonds. The van der Waals surface area contributed by atoms with Crippen molar-refractivity contribution in [3.05, 3.63) is 48.3 Å². The topological polar surface area (TPSA) is 90.9 Å². The third-order valence-electron chi connectivity index (χ3n) is 3.75. The zero-order valence-corrected chi connectivity index (χ0v) is 12.1. The van der Waals surface area contributed by atoms with Crippen LogP contribution >= 0.6 is 0 Å². The van der Waals surface area contributed by atoms with E-state index in [4.69, 9.17) is 10.9 Å². The average molecular weight is 298 g/mol. The molecule has 0 saturated carbocycles. The van der Waals surface area contributed by atoms with Crippen molar-refractivity contribution in [3.63, 3.8) is 0 Å². The fraction of sp³-hybridized carbons (Fsp3) is 0.267. The van der Waals surface area contributed by atoms with Gasteiger partial charge in [-0.05, 0) is 30.3 Å². The van der Waals surface area contributed by atoms with Crippen molar-refractivity contribution < 1.29 is 5.21 Å². The third kappa shape index (κ3) is 2.93. The summed E-state index contributed by atoms with van der Waals surface area (Å²) in [6.45, 7) is 3.57. The van der Waals surface area contributed by atoms with Gasteiger partial charge in [0.1, 0.15) is 0 Å². The smallest absolute Gasteiger partial charge is 0.225 e. The third-order valence-corrected chi connectivity index (χ3v) is 3.75. The second kappa shape index (κ2) is 6.30. The number of nitrogens with two attached hydrogens (primary N) is 1. The number of nitrogens with zero attached hydrogens (tertiary/aromatic N) is 5. The fourth-order valence-electron chi connectivity index (χ4n) is 2.52. The van der Waals surface area contributed by atoms with Gasteiger partial charge in [0.15, 0.2) is 5.84 Å².